The fourth-order valence-electron chi connectivity index (χ4n) is 2.90. The van der Waals surface area contributed by atoms with E-state index in [0.717, 1.165) is 35.7 Å². The van der Waals surface area contributed by atoms with E-state index in [9.17, 15) is 9.59 Å². The lowest BCUT2D eigenvalue weighted by Gasteiger charge is -2.17. The molecule has 5 heteroatoms. The Hall–Kier alpha value is -2.14. The number of amides is 1. The minimum Gasteiger partial charge on any atom is -0.350 e. The molecule has 0 aliphatic heterocycles. The first kappa shape index (κ1) is 21.2. The van der Waals surface area contributed by atoms with Crippen LogP contribution in [0.5, 0.6) is 0 Å². The van der Waals surface area contributed by atoms with E-state index in [-0.39, 0.29) is 11.5 Å². The zero-order valence-electron chi connectivity index (χ0n) is 16.0. The number of benzene rings is 1. The molecule has 1 atom stereocenters. The van der Waals surface area contributed by atoms with Crippen LogP contribution in [0.15, 0.2) is 57.9 Å². The number of pyridine rings is 1. The Balaban J connectivity index is 2.28. The van der Waals surface area contributed by atoms with Gasteiger partial charge < -0.3 is 5.32 Å². The molecule has 0 aliphatic rings. The number of hydrogen-bond donors (Lipinski definition) is 1. The van der Waals surface area contributed by atoms with Crippen molar-refractivity contribution in [1.29, 1.82) is 0 Å². The van der Waals surface area contributed by atoms with Crippen LogP contribution in [0.25, 0.3) is 11.8 Å². The fraction of sp³-hybridized carbons (Fsp3) is 0.364. The van der Waals surface area contributed by atoms with Crippen LogP contribution in [0.3, 0.4) is 0 Å². The quantitative estimate of drug-likeness (QED) is 0.572. The van der Waals surface area contributed by atoms with E-state index in [1.54, 1.807) is 24.4 Å². The number of hydrogen-bond acceptors (Lipinski definition) is 2. The Morgan fingerprint density at radius 2 is 2.04 bits per heavy atom. The molecule has 0 spiro atoms. The minimum atomic E-state index is -0.238. The van der Waals surface area contributed by atoms with Crippen molar-refractivity contribution in [3.8, 4) is 0 Å². The molecule has 4 nitrogen and oxygen atoms in total. The van der Waals surface area contributed by atoms with Gasteiger partial charge in [-0.25, -0.2) is 0 Å². The molecule has 0 bridgehead atoms. The summed E-state index contributed by atoms with van der Waals surface area (Å²) in [4.78, 5) is 25.2. The van der Waals surface area contributed by atoms with E-state index in [4.69, 9.17) is 0 Å². The third-order valence-electron chi connectivity index (χ3n) is 4.56. The van der Waals surface area contributed by atoms with Gasteiger partial charge in [0.2, 0.25) is 0 Å². The highest BCUT2D eigenvalue weighted by atomic mass is 79.9. The summed E-state index contributed by atoms with van der Waals surface area (Å²) in [6.07, 6.45) is 7.80. The van der Waals surface area contributed by atoms with Crippen molar-refractivity contribution < 1.29 is 4.79 Å². The minimum absolute atomic E-state index is 0.230. The van der Waals surface area contributed by atoms with Gasteiger partial charge in [-0.15, -0.1) is 0 Å². The van der Waals surface area contributed by atoms with Crippen LogP contribution in [-0.4, -0.2) is 17.0 Å². The molecule has 1 N–H and O–H groups in total. The van der Waals surface area contributed by atoms with Gasteiger partial charge in [-0.3, -0.25) is 14.2 Å². The van der Waals surface area contributed by atoms with Crippen LogP contribution in [-0.2, 0) is 4.79 Å². The van der Waals surface area contributed by atoms with Crippen LogP contribution in [0.2, 0.25) is 0 Å². The van der Waals surface area contributed by atoms with Crippen molar-refractivity contribution in [1.82, 2.24) is 9.88 Å². The van der Waals surface area contributed by atoms with Gasteiger partial charge in [0, 0.05) is 23.3 Å². The summed E-state index contributed by atoms with van der Waals surface area (Å²) >= 11 is 3.44. The monoisotopic (exact) mass is 430 g/mol. The lowest BCUT2D eigenvalue weighted by atomic mass is 9.99. The number of halogens is 1. The molecule has 1 amide bonds. The summed E-state index contributed by atoms with van der Waals surface area (Å²) < 4.78 is 2.31. The molecule has 0 fully saturated rings. The molecular formula is C22H27BrN2O2. The van der Waals surface area contributed by atoms with Gasteiger partial charge in [-0.05, 0) is 42.2 Å². The maximum atomic E-state index is 12.9. The van der Waals surface area contributed by atoms with Gasteiger partial charge in [0.05, 0.1) is 0 Å². The Kier molecular flexibility index (Phi) is 8.52. The third kappa shape index (κ3) is 6.51. The topological polar surface area (TPSA) is 51.1 Å². The second kappa shape index (κ2) is 10.9. The number of carbonyl (C=O) groups excluding carboxylic acids is 1. The van der Waals surface area contributed by atoms with Crippen molar-refractivity contribution in [2.45, 2.75) is 39.5 Å². The number of aromatic nitrogens is 1. The molecule has 1 aromatic carbocycles. The van der Waals surface area contributed by atoms with Crippen LogP contribution in [0.4, 0.5) is 0 Å². The first-order chi connectivity index (χ1) is 13.0. The molecule has 2 aromatic rings. The number of rotatable bonds is 9. The molecule has 144 valence electrons. The zero-order chi connectivity index (χ0) is 19.6. The highest BCUT2D eigenvalue weighted by Crippen LogP contribution is 2.17. The maximum Gasteiger partial charge on any atom is 0.268 e. The highest BCUT2D eigenvalue weighted by Gasteiger charge is 2.15. The summed E-state index contributed by atoms with van der Waals surface area (Å²) in [6.45, 7) is 4.94. The van der Waals surface area contributed by atoms with Gasteiger partial charge in [0.1, 0.15) is 5.70 Å². The van der Waals surface area contributed by atoms with Crippen LogP contribution in [0, 0.1) is 5.92 Å². The molecule has 0 saturated heterocycles. The summed E-state index contributed by atoms with van der Waals surface area (Å²) in [5.74, 6) is 0.215. The fourth-order valence-corrected chi connectivity index (χ4v) is 3.31. The molecule has 1 aromatic heterocycles. The largest absolute Gasteiger partial charge is 0.350 e. The average molecular weight is 431 g/mol. The van der Waals surface area contributed by atoms with Crippen molar-refractivity contribution in [2.75, 3.05) is 6.54 Å². The summed E-state index contributed by atoms with van der Waals surface area (Å²) in [5, 5.41) is 3.02. The molecule has 1 unspecified atom stereocenters. The van der Waals surface area contributed by atoms with Crippen LogP contribution < -0.4 is 10.9 Å². The summed E-state index contributed by atoms with van der Waals surface area (Å²) in [7, 11) is 0. The van der Waals surface area contributed by atoms with Gasteiger partial charge >= 0.3 is 0 Å². The van der Waals surface area contributed by atoms with E-state index >= 15 is 0 Å². The van der Waals surface area contributed by atoms with E-state index in [1.165, 1.54) is 10.6 Å². The Labute approximate surface area is 169 Å². The van der Waals surface area contributed by atoms with Crippen LogP contribution >= 0.6 is 15.9 Å². The van der Waals surface area contributed by atoms with Crippen LogP contribution in [0.1, 0.15) is 45.1 Å². The van der Waals surface area contributed by atoms with Gasteiger partial charge in [0.25, 0.3) is 11.5 Å². The van der Waals surface area contributed by atoms with Crippen molar-refractivity contribution >= 4 is 33.6 Å². The van der Waals surface area contributed by atoms with Crippen molar-refractivity contribution in [3.05, 3.63) is 69.1 Å². The predicted octanol–water partition coefficient (Wildman–Crippen LogP) is 4.94. The normalized spacial score (nSPS) is 12.6. The van der Waals surface area contributed by atoms with E-state index in [1.807, 2.05) is 24.3 Å². The predicted molar refractivity (Wildman–Crippen MR) is 115 cm³/mol. The molecule has 0 aliphatic carbocycles. The smallest absolute Gasteiger partial charge is 0.268 e. The Bertz CT molecular complexity index is 842. The van der Waals surface area contributed by atoms with E-state index in [2.05, 4.69) is 35.1 Å². The van der Waals surface area contributed by atoms with Crippen molar-refractivity contribution in [3.63, 3.8) is 0 Å². The summed E-state index contributed by atoms with van der Waals surface area (Å²) in [6, 6.07) is 12.5. The van der Waals surface area contributed by atoms with Crippen molar-refractivity contribution in [2.24, 2.45) is 5.92 Å². The molecule has 27 heavy (non-hydrogen) atoms. The first-order valence-corrected chi connectivity index (χ1v) is 10.3. The van der Waals surface area contributed by atoms with Gasteiger partial charge in [0.15, 0.2) is 0 Å². The van der Waals surface area contributed by atoms with E-state index < -0.39 is 0 Å². The lowest BCUT2D eigenvalue weighted by Crippen LogP contribution is -2.33. The summed E-state index contributed by atoms with van der Waals surface area (Å²) in [5.41, 5.74) is 0.944. The third-order valence-corrected chi connectivity index (χ3v) is 5.05. The van der Waals surface area contributed by atoms with Gasteiger partial charge in [-0.2, -0.15) is 0 Å². The molecule has 1 heterocycles. The average Bonchev–Trinajstić information content (AvgIpc) is 2.67. The molecule has 0 saturated carbocycles. The highest BCUT2D eigenvalue weighted by molar-refractivity contribution is 9.10. The number of nitrogens with zero attached hydrogens (tertiary/aromatic N) is 1. The second-order valence-electron chi connectivity index (χ2n) is 6.62. The first-order valence-electron chi connectivity index (χ1n) is 9.48. The Morgan fingerprint density at radius 3 is 2.70 bits per heavy atom. The molecule has 0 radical (unpaired) electrons. The van der Waals surface area contributed by atoms with Gasteiger partial charge in [-0.1, -0.05) is 67.2 Å². The van der Waals surface area contributed by atoms with E-state index in [0.29, 0.717) is 18.2 Å². The molecule has 2 rings (SSSR count). The SMILES string of the molecule is CCCCC(CC)CNC(=O)/C(=C\c1cccc(Br)c1)n1ccccc1=O. The maximum absolute atomic E-state index is 12.9. The Morgan fingerprint density at radius 1 is 1.22 bits per heavy atom. The zero-order valence-corrected chi connectivity index (χ0v) is 17.5. The number of carbonyl (C=O) groups is 1. The number of nitrogens with one attached hydrogen (secondary N) is 1. The standard InChI is InChI=1S/C22H27BrN2O2/c1-3-5-9-17(4-2)16-24-22(27)20(25-13-7-6-12-21(25)26)15-18-10-8-11-19(23)14-18/h6-8,10-15,17H,3-5,9,16H2,1-2H3,(H,24,27)/b20-15+. The molecular weight excluding hydrogens is 404 g/mol. The lowest BCUT2D eigenvalue weighted by molar-refractivity contribution is -0.116. The second-order valence-corrected chi connectivity index (χ2v) is 7.54. The number of unbranched alkanes of at least 4 members (excludes halogenated alkanes) is 1.